The van der Waals surface area contributed by atoms with Gasteiger partial charge in [0, 0.05) is 12.0 Å². The molecule has 0 aliphatic carbocycles. The molecule has 1 aliphatic rings. The Balaban J connectivity index is 1.97. The smallest absolute Gasteiger partial charge is 0.247 e. The number of nitrogens with zero attached hydrogens (tertiary/aromatic N) is 2. The lowest BCUT2D eigenvalue weighted by Gasteiger charge is -2.18. The Morgan fingerprint density at radius 3 is 3.00 bits per heavy atom. The van der Waals surface area contributed by atoms with Gasteiger partial charge >= 0.3 is 0 Å². The highest BCUT2D eigenvalue weighted by Crippen LogP contribution is 2.43. The van der Waals surface area contributed by atoms with E-state index in [2.05, 4.69) is 9.97 Å². The molecule has 104 valence electrons. The number of benzene rings is 1. The largest absolute Gasteiger partial charge is 0.483 e. The van der Waals surface area contributed by atoms with Crippen LogP contribution >= 0.6 is 11.6 Å². The number of para-hydroxylation sites is 1. The van der Waals surface area contributed by atoms with Crippen molar-refractivity contribution in [1.29, 1.82) is 0 Å². The molecule has 0 fully saturated rings. The van der Waals surface area contributed by atoms with Crippen LogP contribution in [-0.2, 0) is 6.42 Å². The van der Waals surface area contributed by atoms with Gasteiger partial charge in [-0.15, -0.1) is 0 Å². The zero-order valence-corrected chi connectivity index (χ0v) is 11.9. The molecule has 0 bridgehead atoms. The van der Waals surface area contributed by atoms with Crippen molar-refractivity contribution in [3.8, 4) is 17.4 Å². The molecule has 1 aliphatic heterocycles. The van der Waals surface area contributed by atoms with Gasteiger partial charge in [-0.1, -0.05) is 12.1 Å². The summed E-state index contributed by atoms with van der Waals surface area (Å²) >= 11 is 5.76. The zero-order chi connectivity index (χ0) is 14.3. The lowest BCUT2D eigenvalue weighted by molar-refractivity contribution is 0.135. The number of ether oxygens (including phenoxy) is 2. The Hall–Kier alpha value is -2.01. The third-order valence-corrected chi connectivity index (χ3v) is 3.19. The number of anilines is 1. The van der Waals surface area contributed by atoms with Crippen LogP contribution in [0.4, 0.5) is 5.69 Å². The van der Waals surface area contributed by atoms with E-state index in [-0.39, 0.29) is 16.8 Å². The summed E-state index contributed by atoms with van der Waals surface area (Å²) in [6, 6.07) is 5.75. The van der Waals surface area contributed by atoms with Gasteiger partial charge in [0.05, 0.1) is 6.20 Å². The molecule has 5 nitrogen and oxygen atoms in total. The number of nitrogens with two attached hydrogens (primary N) is 1. The van der Waals surface area contributed by atoms with E-state index in [0.29, 0.717) is 11.4 Å². The standard InChI is InChI=1S/C14H14ClN3O2/c1-14(2)6-8-4-3-5-10(11(8)20-14)19-12-9(16)7-17-13(15)18-12/h3-5,7H,6,16H2,1-2H3. The van der Waals surface area contributed by atoms with Crippen molar-refractivity contribution in [2.75, 3.05) is 5.73 Å². The molecule has 6 heteroatoms. The van der Waals surface area contributed by atoms with Crippen LogP contribution in [0.25, 0.3) is 0 Å². The second-order valence-corrected chi connectivity index (χ2v) is 5.62. The lowest BCUT2D eigenvalue weighted by atomic mass is 10.0. The first-order valence-corrected chi connectivity index (χ1v) is 6.59. The second kappa shape index (κ2) is 4.52. The van der Waals surface area contributed by atoms with Gasteiger partial charge in [-0.25, -0.2) is 4.98 Å². The minimum atomic E-state index is -0.239. The maximum absolute atomic E-state index is 5.93. The summed E-state index contributed by atoms with van der Waals surface area (Å²) in [5, 5.41) is 0.0861. The lowest BCUT2D eigenvalue weighted by Crippen LogP contribution is -2.24. The van der Waals surface area contributed by atoms with Crippen LogP contribution in [0.15, 0.2) is 24.4 Å². The second-order valence-electron chi connectivity index (χ2n) is 5.28. The van der Waals surface area contributed by atoms with E-state index in [9.17, 15) is 0 Å². The highest BCUT2D eigenvalue weighted by Gasteiger charge is 2.32. The Morgan fingerprint density at radius 2 is 2.20 bits per heavy atom. The van der Waals surface area contributed by atoms with Gasteiger partial charge < -0.3 is 15.2 Å². The van der Waals surface area contributed by atoms with E-state index in [0.717, 1.165) is 17.7 Å². The molecule has 0 amide bonds. The molecule has 0 atom stereocenters. The summed E-state index contributed by atoms with van der Waals surface area (Å²) < 4.78 is 11.7. The fourth-order valence-electron chi connectivity index (χ4n) is 2.21. The number of halogens is 1. The van der Waals surface area contributed by atoms with Crippen molar-refractivity contribution in [1.82, 2.24) is 9.97 Å². The van der Waals surface area contributed by atoms with E-state index in [1.165, 1.54) is 6.20 Å². The molecule has 1 aromatic heterocycles. The van der Waals surface area contributed by atoms with E-state index in [1.807, 2.05) is 32.0 Å². The molecule has 2 N–H and O–H groups in total. The predicted octanol–water partition coefficient (Wildman–Crippen LogP) is 3.22. The zero-order valence-electron chi connectivity index (χ0n) is 11.2. The van der Waals surface area contributed by atoms with Crippen LogP contribution in [0.5, 0.6) is 17.4 Å². The first kappa shape index (κ1) is 13.0. The topological polar surface area (TPSA) is 70.3 Å². The van der Waals surface area contributed by atoms with Crippen molar-refractivity contribution in [3.63, 3.8) is 0 Å². The maximum atomic E-state index is 5.93. The first-order chi connectivity index (χ1) is 9.44. The van der Waals surface area contributed by atoms with Crippen molar-refractivity contribution >= 4 is 17.3 Å². The van der Waals surface area contributed by atoms with Crippen molar-refractivity contribution in [3.05, 3.63) is 35.2 Å². The number of fused-ring (bicyclic) bond motifs is 1. The average molecular weight is 292 g/mol. The van der Waals surface area contributed by atoms with E-state index in [1.54, 1.807) is 0 Å². The average Bonchev–Trinajstić information content (AvgIpc) is 2.69. The highest BCUT2D eigenvalue weighted by atomic mass is 35.5. The van der Waals surface area contributed by atoms with Gasteiger partial charge in [0.15, 0.2) is 11.5 Å². The van der Waals surface area contributed by atoms with Crippen LogP contribution in [0.1, 0.15) is 19.4 Å². The molecule has 0 spiro atoms. The van der Waals surface area contributed by atoms with Gasteiger partial charge in [0.2, 0.25) is 11.2 Å². The summed E-state index contributed by atoms with van der Waals surface area (Å²) in [5.41, 5.74) is 6.97. The fourth-order valence-corrected chi connectivity index (χ4v) is 2.33. The highest BCUT2D eigenvalue weighted by molar-refractivity contribution is 6.28. The minimum Gasteiger partial charge on any atom is -0.483 e. The molecule has 0 unspecified atom stereocenters. The maximum Gasteiger partial charge on any atom is 0.247 e. The molecule has 0 saturated carbocycles. The summed E-state index contributed by atoms with van der Waals surface area (Å²) in [4.78, 5) is 7.78. The number of rotatable bonds is 2. The van der Waals surface area contributed by atoms with E-state index >= 15 is 0 Å². The number of nitrogen functional groups attached to an aromatic ring is 1. The molecule has 20 heavy (non-hydrogen) atoms. The molecule has 0 radical (unpaired) electrons. The summed E-state index contributed by atoms with van der Waals surface area (Å²) in [7, 11) is 0. The van der Waals surface area contributed by atoms with Gasteiger partial charge in [-0.3, -0.25) is 0 Å². The summed E-state index contributed by atoms with van der Waals surface area (Å²) in [6.45, 7) is 4.07. The molecule has 1 aromatic carbocycles. The quantitative estimate of drug-likeness (QED) is 0.860. The van der Waals surface area contributed by atoms with Gasteiger partial charge in [0.1, 0.15) is 11.3 Å². The van der Waals surface area contributed by atoms with Crippen molar-refractivity contribution in [2.45, 2.75) is 25.9 Å². The molecular weight excluding hydrogens is 278 g/mol. The molecule has 0 saturated heterocycles. The van der Waals surface area contributed by atoms with Gasteiger partial charge in [0.25, 0.3) is 0 Å². The van der Waals surface area contributed by atoms with Gasteiger partial charge in [-0.2, -0.15) is 4.98 Å². The molecular formula is C14H14ClN3O2. The summed E-state index contributed by atoms with van der Waals surface area (Å²) in [6.07, 6.45) is 2.25. The van der Waals surface area contributed by atoms with Crippen LogP contribution < -0.4 is 15.2 Å². The number of aromatic nitrogens is 2. The normalized spacial score (nSPS) is 15.6. The van der Waals surface area contributed by atoms with Crippen LogP contribution in [-0.4, -0.2) is 15.6 Å². The Kier molecular flexibility index (Phi) is 2.94. The Bertz CT molecular complexity index is 673. The molecule has 3 rings (SSSR count). The molecule has 2 heterocycles. The SMILES string of the molecule is CC1(C)Cc2cccc(Oc3nc(Cl)ncc3N)c2O1. The number of hydrogen-bond donors (Lipinski definition) is 1. The third kappa shape index (κ3) is 2.36. The Morgan fingerprint density at radius 1 is 1.40 bits per heavy atom. The van der Waals surface area contributed by atoms with Gasteiger partial charge in [-0.05, 0) is 31.5 Å². The first-order valence-electron chi connectivity index (χ1n) is 6.21. The monoisotopic (exact) mass is 291 g/mol. The van der Waals surface area contributed by atoms with E-state index in [4.69, 9.17) is 26.8 Å². The predicted molar refractivity (Wildman–Crippen MR) is 76.4 cm³/mol. The number of hydrogen-bond acceptors (Lipinski definition) is 5. The fraction of sp³-hybridized carbons (Fsp3) is 0.286. The van der Waals surface area contributed by atoms with Crippen LogP contribution in [0, 0.1) is 0 Å². The third-order valence-electron chi connectivity index (χ3n) is 3.01. The minimum absolute atomic E-state index is 0.0861. The van der Waals surface area contributed by atoms with Crippen molar-refractivity contribution < 1.29 is 9.47 Å². The van der Waals surface area contributed by atoms with Crippen LogP contribution in [0.2, 0.25) is 5.28 Å². The molecule has 2 aromatic rings. The van der Waals surface area contributed by atoms with Crippen molar-refractivity contribution in [2.24, 2.45) is 0 Å². The Labute approximate surface area is 121 Å². The van der Waals surface area contributed by atoms with E-state index < -0.39 is 0 Å². The summed E-state index contributed by atoms with van der Waals surface area (Å²) in [5.74, 6) is 1.54. The van der Waals surface area contributed by atoms with Crippen LogP contribution in [0.3, 0.4) is 0 Å².